The van der Waals surface area contributed by atoms with Gasteiger partial charge in [-0.3, -0.25) is 0 Å². The predicted molar refractivity (Wildman–Crippen MR) is 79.1 cm³/mol. The topological polar surface area (TPSA) is 47.3 Å². The first-order valence-electron chi connectivity index (χ1n) is 6.49. The largest absolute Gasteiger partial charge is 0.497 e. The van der Waals surface area contributed by atoms with E-state index in [9.17, 15) is 0 Å². The third kappa shape index (κ3) is 2.45. The molecule has 0 atom stereocenters. The monoisotopic (exact) mass is 268 g/mol. The summed E-state index contributed by atoms with van der Waals surface area (Å²) < 4.78 is 10.7. The van der Waals surface area contributed by atoms with Gasteiger partial charge in [0, 0.05) is 13.5 Å². The summed E-state index contributed by atoms with van der Waals surface area (Å²) in [6.45, 7) is 2.59. The summed E-state index contributed by atoms with van der Waals surface area (Å²) in [6, 6.07) is 13.9. The van der Waals surface area contributed by atoms with E-state index < -0.39 is 0 Å². The Bertz CT molecular complexity index is 717. The molecule has 0 amide bonds. The minimum atomic E-state index is 0.679. The van der Waals surface area contributed by atoms with Gasteiger partial charge in [-0.05, 0) is 29.8 Å². The zero-order valence-electron chi connectivity index (χ0n) is 11.5. The van der Waals surface area contributed by atoms with Gasteiger partial charge in [0.15, 0.2) is 11.5 Å². The van der Waals surface area contributed by atoms with Crippen LogP contribution in [-0.4, -0.2) is 12.1 Å². The van der Waals surface area contributed by atoms with Crippen LogP contribution in [0.25, 0.3) is 11.1 Å². The molecular formula is C16H16N2O2. The first-order valence-corrected chi connectivity index (χ1v) is 6.49. The summed E-state index contributed by atoms with van der Waals surface area (Å²) in [5, 5.41) is 3.39. The van der Waals surface area contributed by atoms with E-state index in [1.807, 2.05) is 49.4 Å². The number of hydrogen-bond donors (Lipinski definition) is 1. The molecule has 0 bridgehead atoms. The van der Waals surface area contributed by atoms with Crippen LogP contribution in [0.4, 0.5) is 5.69 Å². The van der Waals surface area contributed by atoms with Crippen LogP contribution < -0.4 is 10.1 Å². The third-order valence-corrected chi connectivity index (χ3v) is 3.17. The smallest absolute Gasteiger partial charge is 0.192 e. The Morgan fingerprint density at radius 2 is 1.95 bits per heavy atom. The fourth-order valence-electron chi connectivity index (χ4n) is 2.14. The number of oxazole rings is 1. The molecule has 0 radical (unpaired) electrons. The first-order chi connectivity index (χ1) is 9.76. The number of fused-ring (bicyclic) bond motifs is 1. The van der Waals surface area contributed by atoms with Gasteiger partial charge in [0.25, 0.3) is 0 Å². The fraction of sp³-hybridized carbons (Fsp3) is 0.188. The van der Waals surface area contributed by atoms with Gasteiger partial charge in [-0.15, -0.1) is 0 Å². The molecule has 20 heavy (non-hydrogen) atoms. The number of ether oxygens (including phenoxy) is 1. The molecule has 0 unspecified atom stereocenters. The maximum Gasteiger partial charge on any atom is 0.192 e. The van der Waals surface area contributed by atoms with E-state index >= 15 is 0 Å². The Balaban J connectivity index is 1.79. The molecule has 3 rings (SSSR count). The van der Waals surface area contributed by atoms with Crippen LogP contribution in [0, 0.1) is 6.92 Å². The van der Waals surface area contributed by atoms with Crippen LogP contribution in [0.3, 0.4) is 0 Å². The van der Waals surface area contributed by atoms with E-state index in [4.69, 9.17) is 9.15 Å². The second-order valence-corrected chi connectivity index (χ2v) is 4.59. The number of nitrogens with one attached hydrogen (secondary N) is 1. The number of benzene rings is 2. The van der Waals surface area contributed by atoms with Gasteiger partial charge in [0.2, 0.25) is 0 Å². The molecular weight excluding hydrogens is 252 g/mol. The summed E-state index contributed by atoms with van der Waals surface area (Å²) in [5.41, 5.74) is 3.85. The average molecular weight is 268 g/mol. The van der Waals surface area contributed by atoms with Gasteiger partial charge in [0.05, 0.1) is 12.8 Å². The number of anilines is 1. The number of hydrogen-bond acceptors (Lipinski definition) is 4. The SMILES string of the molecule is COc1ccc(CNc2cccc3oc(C)nc23)cc1. The van der Waals surface area contributed by atoms with Gasteiger partial charge in [-0.25, -0.2) is 4.98 Å². The summed E-state index contributed by atoms with van der Waals surface area (Å²) >= 11 is 0. The van der Waals surface area contributed by atoms with E-state index in [0.29, 0.717) is 5.89 Å². The quantitative estimate of drug-likeness (QED) is 0.782. The van der Waals surface area contributed by atoms with Crippen LogP contribution in [-0.2, 0) is 6.54 Å². The van der Waals surface area contributed by atoms with E-state index in [0.717, 1.165) is 29.1 Å². The molecule has 0 spiro atoms. The molecule has 0 fully saturated rings. The second-order valence-electron chi connectivity index (χ2n) is 4.59. The summed E-state index contributed by atoms with van der Waals surface area (Å²) in [5.74, 6) is 1.54. The number of para-hydroxylation sites is 1. The zero-order chi connectivity index (χ0) is 13.9. The lowest BCUT2D eigenvalue weighted by Gasteiger charge is -2.07. The Hall–Kier alpha value is -2.49. The minimum Gasteiger partial charge on any atom is -0.497 e. The molecule has 0 aliphatic rings. The highest BCUT2D eigenvalue weighted by molar-refractivity contribution is 5.86. The number of rotatable bonds is 4. The Labute approximate surface area is 117 Å². The lowest BCUT2D eigenvalue weighted by molar-refractivity contribution is 0.414. The van der Waals surface area contributed by atoms with Crippen molar-refractivity contribution < 1.29 is 9.15 Å². The normalized spacial score (nSPS) is 10.7. The van der Waals surface area contributed by atoms with Crippen molar-refractivity contribution in [2.24, 2.45) is 0 Å². The molecule has 0 aliphatic carbocycles. The Kier molecular flexibility index (Phi) is 3.29. The highest BCUT2D eigenvalue weighted by Crippen LogP contribution is 2.24. The van der Waals surface area contributed by atoms with E-state index in [-0.39, 0.29) is 0 Å². The van der Waals surface area contributed by atoms with Crippen LogP contribution >= 0.6 is 0 Å². The van der Waals surface area contributed by atoms with Crippen LogP contribution in [0.5, 0.6) is 5.75 Å². The highest BCUT2D eigenvalue weighted by atomic mass is 16.5. The summed E-state index contributed by atoms with van der Waals surface area (Å²) in [6.07, 6.45) is 0. The molecule has 1 heterocycles. The molecule has 0 aliphatic heterocycles. The van der Waals surface area contributed by atoms with Gasteiger partial charge in [-0.1, -0.05) is 18.2 Å². The van der Waals surface area contributed by atoms with Crippen molar-refractivity contribution in [3.63, 3.8) is 0 Å². The number of methoxy groups -OCH3 is 1. The Morgan fingerprint density at radius 1 is 1.15 bits per heavy atom. The van der Waals surface area contributed by atoms with Crippen molar-refractivity contribution in [3.8, 4) is 5.75 Å². The molecule has 0 saturated carbocycles. The molecule has 3 aromatic rings. The van der Waals surface area contributed by atoms with Crippen LogP contribution in [0.15, 0.2) is 46.9 Å². The van der Waals surface area contributed by atoms with Gasteiger partial charge in [0.1, 0.15) is 11.3 Å². The van der Waals surface area contributed by atoms with E-state index in [1.54, 1.807) is 7.11 Å². The van der Waals surface area contributed by atoms with Crippen molar-refractivity contribution in [2.75, 3.05) is 12.4 Å². The van der Waals surface area contributed by atoms with Gasteiger partial charge >= 0.3 is 0 Å². The van der Waals surface area contributed by atoms with Crippen molar-refractivity contribution in [1.82, 2.24) is 4.98 Å². The highest BCUT2D eigenvalue weighted by Gasteiger charge is 2.06. The fourth-order valence-corrected chi connectivity index (χ4v) is 2.14. The zero-order valence-corrected chi connectivity index (χ0v) is 11.5. The molecule has 4 heteroatoms. The summed E-state index contributed by atoms with van der Waals surface area (Å²) in [4.78, 5) is 4.40. The molecule has 1 aromatic heterocycles. The van der Waals surface area contributed by atoms with Crippen LogP contribution in [0.1, 0.15) is 11.5 Å². The van der Waals surface area contributed by atoms with Crippen molar-refractivity contribution in [2.45, 2.75) is 13.5 Å². The van der Waals surface area contributed by atoms with Crippen molar-refractivity contribution in [3.05, 3.63) is 53.9 Å². The first kappa shape index (κ1) is 12.5. The van der Waals surface area contributed by atoms with Crippen LogP contribution in [0.2, 0.25) is 0 Å². The second kappa shape index (κ2) is 5.25. The van der Waals surface area contributed by atoms with Crippen molar-refractivity contribution >= 4 is 16.8 Å². The number of aryl methyl sites for hydroxylation is 1. The molecule has 2 aromatic carbocycles. The third-order valence-electron chi connectivity index (χ3n) is 3.17. The molecule has 0 saturated heterocycles. The summed E-state index contributed by atoms with van der Waals surface area (Å²) in [7, 11) is 1.67. The van der Waals surface area contributed by atoms with Gasteiger partial charge in [-0.2, -0.15) is 0 Å². The predicted octanol–water partition coefficient (Wildman–Crippen LogP) is 3.76. The maximum atomic E-state index is 5.52. The molecule has 4 nitrogen and oxygen atoms in total. The maximum absolute atomic E-state index is 5.52. The van der Waals surface area contributed by atoms with Gasteiger partial charge < -0.3 is 14.5 Å². The Morgan fingerprint density at radius 3 is 2.70 bits per heavy atom. The van der Waals surface area contributed by atoms with Crippen molar-refractivity contribution in [1.29, 1.82) is 0 Å². The number of nitrogens with zero attached hydrogens (tertiary/aromatic N) is 1. The lowest BCUT2D eigenvalue weighted by atomic mass is 10.2. The van der Waals surface area contributed by atoms with E-state index in [1.165, 1.54) is 5.56 Å². The number of aromatic nitrogens is 1. The van der Waals surface area contributed by atoms with E-state index in [2.05, 4.69) is 10.3 Å². The lowest BCUT2D eigenvalue weighted by Crippen LogP contribution is -1.99. The average Bonchev–Trinajstić information content (AvgIpc) is 2.86. The minimum absolute atomic E-state index is 0.679. The molecule has 1 N–H and O–H groups in total. The molecule has 102 valence electrons. The standard InChI is InChI=1S/C16H16N2O2/c1-11-18-16-14(4-3-5-15(16)20-11)17-10-12-6-8-13(19-2)9-7-12/h3-9,17H,10H2,1-2H3.